The molecule has 10 heteroatoms. The third-order valence-corrected chi connectivity index (χ3v) is 5.90. The zero-order chi connectivity index (χ0) is 25.5. The SMILES string of the molecule is CC.N=Cc1c(NCc2c(F)cccc2F)ccn(-c2cc(NC(CO)C3CC3)ncc2Cl)c1=O. The van der Waals surface area contributed by atoms with Gasteiger partial charge in [0.05, 0.1) is 40.8 Å². The van der Waals surface area contributed by atoms with Crippen LogP contribution in [0.1, 0.15) is 37.8 Å². The van der Waals surface area contributed by atoms with Gasteiger partial charge in [-0.1, -0.05) is 31.5 Å². The van der Waals surface area contributed by atoms with E-state index in [4.69, 9.17) is 17.0 Å². The van der Waals surface area contributed by atoms with Crippen LogP contribution in [0.3, 0.4) is 0 Å². The molecule has 1 atom stereocenters. The van der Waals surface area contributed by atoms with E-state index < -0.39 is 17.2 Å². The molecule has 1 aromatic carbocycles. The summed E-state index contributed by atoms with van der Waals surface area (Å²) in [5, 5.41) is 23.5. The van der Waals surface area contributed by atoms with Crippen molar-refractivity contribution in [3.8, 4) is 5.69 Å². The summed E-state index contributed by atoms with van der Waals surface area (Å²) < 4.78 is 29.1. The molecule has 186 valence electrons. The van der Waals surface area contributed by atoms with Gasteiger partial charge < -0.3 is 21.1 Å². The number of benzene rings is 1. The molecule has 7 nitrogen and oxygen atoms in total. The summed E-state index contributed by atoms with van der Waals surface area (Å²) in [5.74, 6) is -0.569. The zero-order valence-corrected chi connectivity index (χ0v) is 20.2. The van der Waals surface area contributed by atoms with E-state index in [0.717, 1.165) is 31.2 Å². The Kier molecular flexibility index (Phi) is 8.95. The first-order valence-corrected chi connectivity index (χ1v) is 11.8. The molecule has 2 aromatic heterocycles. The first-order chi connectivity index (χ1) is 16.9. The predicted octanol–water partition coefficient (Wildman–Crippen LogP) is 4.98. The Bertz CT molecular complexity index is 1230. The molecule has 4 rings (SSSR count). The van der Waals surface area contributed by atoms with Crippen molar-refractivity contribution in [2.75, 3.05) is 17.2 Å². The lowest BCUT2D eigenvalue weighted by molar-refractivity contribution is 0.263. The number of pyridine rings is 2. The van der Waals surface area contributed by atoms with Crippen molar-refractivity contribution in [1.82, 2.24) is 9.55 Å². The van der Waals surface area contributed by atoms with Crippen LogP contribution < -0.4 is 16.2 Å². The van der Waals surface area contributed by atoms with Crippen LogP contribution in [0.2, 0.25) is 5.02 Å². The number of hydrogen-bond acceptors (Lipinski definition) is 6. The quantitative estimate of drug-likeness (QED) is 0.308. The second kappa shape index (κ2) is 11.9. The number of aliphatic hydroxyl groups excluding tert-OH is 1. The fourth-order valence-electron chi connectivity index (χ4n) is 3.61. The van der Waals surface area contributed by atoms with Gasteiger partial charge >= 0.3 is 0 Å². The Labute approximate surface area is 207 Å². The summed E-state index contributed by atoms with van der Waals surface area (Å²) in [7, 11) is 0. The fourth-order valence-corrected chi connectivity index (χ4v) is 3.81. The first-order valence-electron chi connectivity index (χ1n) is 11.4. The van der Waals surface area contributed by atoms with E-state index in [1.807, 2.05) is 13.8 Å². The third kappa shape index (κ3) is 6.04. The minimum atomic E-state index is -0.705. The molecular formula is C25H28ClF2N5O2. The molecule has 2 heterocycles. The molecule has 1 aliphatic rings. The molecule has 4 N–H and O–H groups in total. The van der Waals surface area contributed by atoms with Crippen LogP contribution in [0, 0.1) is 23.0 Å². The minimum absolute atomic E-state index is 0.00264. The lowest BCUT2D eigenvalue weighted by Crippen LogP contribution is -2.27. The van der Waals surface area contributed by atoms with Gasteiger partial charge in [0.2, 0.25) is 0 Å². The number of nitrogens with one attached hydrogen (secondary N) is 3. The van der Waals surface area contributed by atoms with Gasteiger partial charge in [-0.15, -0.1) is 0 Å². The molecule has 0 amide bonds. The molecule has 1 unspecified atom stereocenters. The molecule has 1 fully saturated rings. The van der Waals surface area contributed by atoms with Gasteiger partial charge in [-0.05, 0) is 37.0 Å². The van der Waals surface area contributed by atoms with Crippen LogP contribution in [0.4, 0.5) is 20.3 Å². The predicted molar refractivity (Wildman–Crippen MR) is 135 cm³/mol. The van der Waals surface area contributed by atoms with Crippen LogP contribution in [0.25, 0.3) is 5.69 Å². The Morgan fingerprint density at radius 2 is 1.97 bits per heavy atom. The second-order valence-corrected chi connectivity index (χ2v) is 8.22. The van der Waals surface area contributed by atoms with Crippen molar-refractivity contribution in [2.45, 2.75) is 39.3 Å². The smallest absolute Gasteiger partial charge is 0.266 e. The molecule has 0 radical (unpaired) electrons. The monoisotopic (exact) mass is 503 g/mol. The van der Waals surface area contributed by atoms with Crippen LogP contribution >= 0.6 is 11.6 Å². The van der Waals surface area contributed by atoms with E-state index in [0.29, 0.717) is 17.4 Å². The van der Waals surface area contributed by atoms with Crippen LogP contribution in [-0.4, -0.2) is 33.5 Å². The lowest BCUT2D eigenvalue weighted by Gasteiger charge is -2.18. The van der Waals surface area contributed by atoms with Gasteiger partial charge in [0.1, 0.15) is 17.5 Å². The van der Waals surface area contributed by atoms with Gasteiger partial charge in [-0.25, -0.2) is 13.8 Å². The summed E-state index contributed by atoms with van der Waals surface area (Å²) >= 11 is 6.30. The minimum Gasteiger partial charge on any atom is -0.394 e. The summed E-state index contributed by atoms with van der Waals surface area (Å²) in [6, 6.07) is 6.57. The van der Waals surface area contributed by atoms with E-state index in [2.05, 4.69) is 15.6 Å². The number of halogens is 3. The topological polar surface area (TPSA) is 103 Å². The molecular weight excluding hydrogens is 476 g/mol. The zero-order valence-electron chi connectivity index (χ0n) is 19.5. The largest absolute Gasteiger partial charge is 0.394 e. The van der Waals surface area contributed by atoms with Gasteiger partial charge in [-0.3, -0.25) is 9.36 Å². The van der Waals surface area contributed by atoms with Crippen molar-refractivity contribution in [3.63, 3.8) is 0 Å². The van der Waals surface area contributed by atoms with Crippen molar-refractivity contribution in [1.29, 1.82) is 5.41 Å². The first kappa shape index (κ1) is 26.3. The Balaban J connectivity index is 0.00000167. The van der Waals surface area contributed by atoms with E-state index in [9.17, 15) is 18.7 Å². The second-order valence-electron chi connectivity index (χ2n) is 7.81. The highest BCUT2D eigenvalue weighted by atomic mass is 35.5. The van der Waals surface area contributed by atoms with Crippen LogP contribution in [0.5, 0.6) is 0 Å². The summed E-state index contributed by atoms with van der Waals surface area (Å²) in [6.45, 7) is 3.77. The fraction of sp³-hybridized carbons (Fsp3) is 0.320. The number of aliphatic hydroxyl groups is 1. The highest BCUT2D eigenvalue weighted by Crippen LogP contribution is 2.34. The van der Waals surface area contributed by atoms with Gasteiger partial charge in [-0.2, -0.15) is 0 Å². The maximum atomic E-state index is 13.9. The highest BCUT2D eigenvalue weighted by molar-refractivity contribution is 6.32. The van der Waals surface area contributed by atoms with Crippen molar-refractivity contribution in [3.05, 3.63) is 80.9 Å². The maximum Gasteiger partial charge on any atom is 0.266 e. The molecule has 0 saturated heterocycles. The Morgan fingerprint density at radius 3 is 2.57 bits per heavy atom. The van der Waals surface area contributed by atoms with Crippen LogP contribution in [0.15, 0.2) is 47.5 Å². The number of aromatic nitrogens is 2. The molecule has 1 saturated carbocycles. The van der Waals surface area contributed by atoms with Gasteiger partial charge in [0.25, 0.3) is 5.56 Å². The van der Waals surface area contributed by atoms with Gasteiger partial charge in [0, 0.05) is 30.6 Å². The normalized spacial score (nSPS) is 13.4. The number of rotatable bonds is 9. The van der Waals surface area contributed by atoms with E-state index in [1.165, 1.54) is 29.1 Å². The number of nitrogens with zero attached hydrogens (tertiary/aromatic N) is 2. The summed E-state index contributed by atoms with van der Waals surface area (Å²) in [5.41, 5.74) is -0.0978. The third-order valence-electron chi connectivity index (χ3n) is 5.61. The molecule has 1 aliphatic carbocycles. The van der Waals surface area contributed by atoms with E-state index >= 15 is 0 Å². The molecule has 35 heavy (non-hydrogen) atoms. The number of hydrogen-bond donors (Lipinski definition) is 4. The average Bonchev–Trinajstić information content (AvgIpc) is 3.70. The molecule has 0 bridgehead atoms. The van der Waals surface area contributed by atoms with Crippen molar-refractivity contribution >= 4 is 29.3 Å². The average molecular weight is 504 g/mol. The summed E-state index contributed by atoms with van der Waals surface area (Å²) in [4.78, 5) is 17.3. The molecule has 0 aliphatic heterocycles. The lowest BCUT2D eigenvalue weighted by atomic mass is 10.1. The Hall–Kier alpha value is -3.30. The Morgan fingerprint density at radius 1 is 1.29 bits per heavy atom. The molecule has 3 aromatic rings. The van der Waals surface area contributed by atoms with Crippen molar-refractivity contribution < 1.29 is 13.9 Å². The highest BCUT2D eigenvalue weighted by Gasteiger charge is 2.31. The van der Waals surface area contributed by atoms with E-state index in [1.54, 1.807) is 6.07 Å². The van der Waals surface area contributed by atoms with E-state index in [-0.39, 0.29) is 41.0 Å². The van der Waals surface area contributed by atoms with Crippen molar-refractivity contribution in [2.24, 2.45) is 5.92 Å². The van der Waals surface area contributed by atoms with Gasteiger partial charge in [0.15, 0.2) is 0 Å². The summed E-state index contributed by atoms with van der Waals surface area (Å²) in [6.07, 6.45) is 5.81. The molecule has 0 spiro atoms. The number of anilines is 2. The maximum absolute atomic E-state index is 13.9. The standard InChI is InChI=1S/C23H22ClF2N5O2.C2H6/c24-16-11-29-22(30-20(12-32)13-4-5-13)8-21(16)31-7-6-19(14(9-27)23(31)33)28-10-15-17(25)2-1-3-18(15)26;1-2/h1-3,6-9,11,13,20,27-28,32H,4-5,10,12H2,(H,29,30);1-2H3. The van der Waals surface area contributed by atoms with Crippen LogP contribution in [-0.2, 0) is 6.54 Å².